The Morgan fingerprint density at radius 1 is 1.36 bits per heavy atom. The fraction of sp³-hybridized carbons (Fsp3) is 0.533. The third kappa shape index (κ3) is 4.45. The predicted octanol–water partition coefficient (Wildman–Crippen LogP) is 2.28. The van der Waals surface area contributed by atoms with Crippen molar-refractivity contribution in [2.45, 2.75) is 44.0 Å². The van der Waals surface area contributed by atoms with Gasteiger partial charge in [-0.1, -0.05) is 13.8 Å². The summed E-state index contributed by atoms with van der Waals surface area (Å²) in [4.78, 5) is 11.1. The van der Waals surface area contributed by atoms with E-state index in [2.05, 4.69) is 10.0 Å². The molecule has 1 aliphatic rings. The van der Waals surface area contributed by atoms with Gasteiger partial charge in [-0.25, -0.2) is 17.9 Å². The van der Waals surface area contributed by atoms with Gasteiger partial charge in [-0.2, -0.15) is 0 Å². The first kappa shape index (κ1) is 16.8. The zero-order chi connectivity index (χ0) is 16.3. The van der Waals surface area contributed by atoms with Gasteiger partial charge in [0.1, 0.15) is 4.90 Å². The Morgan fingerprint density at radius 2 is 2.05 bits per heavy atom. The molecule has 0 heterocycles. The van der Waals surface area contributed by atoms with Crippen LogP contribution in [0.25, 0.3) is 0 Å². The molecule has 0 radical (unpaired) electrons. The summed E-state index contributed by atoms with van der Waals surface area (Å²) >= 11 is 0. The van der Waals surface area contributed by atoms with E-state index < -0.39 is 16.0 Å². The zero-order valence-corrected chi connectivity index (χ0v) is 13.6. The summed E-state index contributed by atoms with van der Waals surface area (Å²) in [5, 5.41) is 12.2. The van der Waals surface area contributed by atoms with E-state index in [9.17, 15) is 13.2 Å². The molecular formula is C15H22N2O4S. The maximum absolute atomic E-state index is 12.5. The van der Waals surface area contributed by atoms with Crippen molar-refractivity contribution in [3.8, 4) is 0 Å². The van der Waals surface area contributed by atoms with Gasteiger partial charge in [0.15, 0.2) is 0 Å². The molecule has 1 aliphatic carbocycles. The minimum absolute atomic E-state index is 0.00283. The van der Waals surface area contributed by atoms with Crippen molar-refractivity contribution in [2.75, 3.05) is 11.9 Å². The number of aromatic carboxylic acids is 1. The minimum Gasteiger partial charge on any atom is -0.478 e. The van der Waals surface area contributed by atoms with Crippen molar-refractivity contribution in [3.63, 3.8) is 0 Å². The molecule has 22 heavy (non-hydrogen) atoms. The highest BCUT2D eigenvalue weighted by Gasteiger charge is 2.26. The second-order valence-electron chi connectivity index (χ2n) is 6.01. The summed E-state index contributed by atoms with van der Waals surface area (Å²) in [6, 6.07) is 4.43. The number of hydrogen-bond acceptors (Lipinski definition) is 4. The van der Waals surface area contributed by atoms with Crippen LogP contribution < -0.4 is 10.0 Å². The van der Waals surface area contributed by atoms with Crippen molar-refractivity contribution in [1.29, 1.82) is 0 Å². The van der Waals surface area contributed by atoms with E-state index in [4.69, 9.17) is 5.11 Å². The molecular weight excluding hydrogens is 304 g/mol. The van der Waals surface area contributed by atoms with Gasteiger partial charge >= 0.3 is 5.97 Å². The lowest BCUT2D eigenvalue weighted by Gasteiger charge is -2.14. The number of rotatable bonds is 8. The molecule has 6 nitrogen and oxygen atoms in total. The Hall–Kier alpha value is -1.60. The average Bonchev–Trinajstić information content (AvgIpc) is 3.22. The SMILES string of the molecule is CC(C)CCNS(=O)(=O)c1cc(C(=O)O)ccc1NC1CC1. The summed E-state index contributed by atoms with van der Waals surface area (Å²) in [5.41, 5.74) is 0.426. The molecule has 0 saturated heterocycles. The van der Waals surface area contributed by atoms with Crippen LogP contribution in [0.2, 0.25) is 0 Å². The molecule has 2 rings (SSSR count). The van der Waals surface area contributed by atoms with Crippen molar-refractivity contribution in [1.82, 2.24) is 4.72 Å². The lowest BCUT2D eigenvalue weighted by molar-refractivity contribution is 0.0696. The van der Waals surface area contributed by atoms with E-state index in [1.54, 1.807) is 0 Å². The van der Waals surface area contributed by atoms with Crippen LogP contribution >= 0.6 is 0 Å². The maximum atomic E-state index is 12.5. The van der Waals surface area contributed by atoms with Gasteiger partial charge in [-0.3, -0.25) is 0 Å². The van der Waals surface area contributed by atoms with Crippen LogP contribution in [0.1, 0.15) is 43.5 Å². The molecule has 0 bridgehead atoms. The highest BCUT2D eigenvalue weighted by atomic mass is 32.2. The van der Waals surface area contributed by atoms with Crippen molar-refractivity contribution in [3.05, 3.63) is 23.8 Å². The monoisotopic (exact) mass is 326 g/mol. The largest absolute Gasteiger partial charge is 0.478 e. The van der Waals surface area contributed by atoms with E-state index in [0.29, 0.717) is 18.2 Å². The summed E-state index contributed by atoms with van der Waals surface area (Å²) in [7, 11) is -3.74. The first-order valence-electron chi connectivity index (χ1n) is 7.43. The van der Waals surface area contributed by atoms with Crippen molar-refractivity contribution >= 4 is 21.7 Å². The molecule has 0 aromatic heterocycles. The van der Waals surface area contributed by atoms with Crippen LogP contribution in [-0.2, 0) is 10.0 Å². The zero-order valence-electron chi connectivity index (χ0n) is 12.8. The van der Waals surface area contributed by atoms with Crippen LogP contribution in [0.5, 0.6) is 0 Å². The number of sulfonamides is 1. The van der Waals surface area contributed by atoms with E-state index in [0.717, 1.165) is 19.3 Å². The number of carboxylic acid groups (broad SMARTS) is 1. The van der Waals surface area contributed by atoms with E-state index >= 15 is 0 Å². The number of anilines is 1. The second kappa shape index (κ2) is 6.66. The summed E-state index contributed by atoms with van der Waals surface area (Å²) in [6.07, 6.45) is 2.73. The van der Waals surface area contributed by atoms with Gasteiger partial charge in [0.05, 0.1) is 11.3 Å². The third-order valence-electron chi connectivity index (χ3n) is 3.47. The molecule has 122 valence electrons. The Bertz CT molecular complexity index is 652. The molecule has 1 saturated carbocycles. The smallest absolute Gasteiger partial charge is 0.335 e. The molecule has 0 amide bonds. The van der Waals surface area contributed by atoms with Gasteiger partial charge in [0.2, 0.25) is 10.0 Å². The van der Waals surface area contributed by atoms with Crippen LogP contribution in [-0.4, -0.2) is 32.1 Å². The molecule has 1 aromatic rings. The molecule has 1 fully saturated rings. The van der Waals surface area contributed by atoms with Gasteiger partial charge in [-0.05, 0) is 43.4 Å². The first-order chi connectivity index (χ1) is 10.3. The number of hydrogen-bond donors (Lipinski definition) is 3. The summed E-state index contributed by atoms with van der Waals surface area (Å²) in [5.74, 6) is -0.756. The quantitative estimate of drug-likeness (QED) is 0.681. The molecule has 0 unspecified atom stereocenters. The van der Waals surface area contributed by atoms with Gasteiger partial charge in [0.25, 0.3) is 0 Å². The Morgan fingerprint density at radius 3 is 2.59 bits per heavy atom. The highest BCUT2D eigenvalue weighted by molar-refractivity contribution is 7.89. The maximum Gasteiger partial charge on any atom is 0.335 e. The van der Waals surface area contributed by atoms with E-state index in [-0.39, 0.29) is 16.5 Å². The second-order valence-corrected chi connectivity index (χ2v) is 7.75. The molecule has 0 spiro atoms. The average molecular weight is 326 g/mol. The summed E-state index contributed by atoms with van der Waals surface area (Å²) < 4.78 is 27.5. The van der Waals surface area contributed by atoms with Crippen LogP contribution in [0.4, 0.5) is 5.69 Å². The molecule has 1 aromatic carbocycles. The standard InChI is InChI=1S/C15H22N2O4S/c1-10(2)7-8-16-22(20,21)14-9-11(15(18)19)3-6-13(14)17-12-4-5-12/h3,6,9-10,12,16-17H,4-5,7-8H2,1-2H3,(H,18,19). The highest BCUT2D eigenvalue weighted by Crippen LogP contribution is 2.29. The van der Waals surface area contributed by atoms with Crippen LogP contribution in [0.15, 0.2) is 23.1 Å². The molecule has 0 aliphatic heterocycles. The molecule has 3 N–H and O–H groups in total. The van der Waals surface area contributed by atoms with Gasteiger partial charge in [0, 0.05) is 12.6 Å². The van der Waals surface area contributed by atoms with Crippen molar-refractivity contribution in [2.24, 2.45) is 5.92 Å². The Balaban J connectivity index is 2.27. The molecule has 7 heteroatoms. The number of carbonyl (C=O) groups is 1. The van der Waals surface area contributed by atoms with Gasteiger partial charge in [-0.15, -0.1) is 0 Å². The van der Waals surface area contributed by atoms with Gasteiger partial charge < -0.3 is 10.4 Å². The van der Waals surface area contributed by atoms with E-state index in [1.807, 2.05) is 13.8 Å². The first-order valence-corrected chi connectivity index (χ1v) is 8.91. The fourth-order valence-electron chi connectivity index (χ4n) is 2.00. The summed E-state index contributed by atoms with van der Waals surface area (Å²) in [6.45, 7) is 4.36. The van der Waals surface area contributed by atoms with Crippen molar-refractivity contribution < 1.29 is 18.3 Å². The van der Waals surface area contributed by atoms with E-state index in [1.165, 1.54) is 18.2 Å². The molecule has 0 atom stereocenters. The van der Waals surface area contributed by atoms with Crippen LogP contribution in [0, 0.1) is 5.92 Å². The number of nitrogens with one attached hydrogen (secondary N) is 2. The fourth-order valence-corrected chi connectivity index (χ4v) is 3.24. The lowest BCUT2D eigenvalue weighted by Crippen LogP contribution is -2.27. The minimum atomic E-state index is -3.74. The number of benzene rings is 1. The topological polar surface area (TPSA) is 95.5 Å². The number of carboxylic acids is 1. The normalized spacial score (nSPS) is 15.0. The predicted molar refractivity (Wildman–Crippen MR) is 84.7 cm³/mol. The van der Waals surface area contributed by atoms with Crippen LogP contribution in [0.3, 0.4) is 0 Å². The lowest BCUT2D eigenvalue weighted by atomic mass is 10.1. The Kier molecular flexibility index (Phi) is 5.08. The Labute approximate surface area is 131 Å². The third-order valence-corrected chi connectivity index (χ3v) is 4.97.